The van der Waals surface area contributed by atoms with Crippen LogP contribution in [0.15, 0.2) is 36.4 Å². The summed E-state index contributed by atoms with van der Waals surface area (Å²) in [5, 5.41) is 2.87. The molecule has 0 unspecified atom stereocenters. The predicted molar refractivity (Wildman–Crippen MR) is 87.1 cm³/mol. The Morgan fingerprint density at radius 2 is 1.55 bits per heavy atom. The van der Waals surface area contributed by atoms with Gasteiger partial charge in [0.05, 0.1) is 6.26 Å². The molecular weight excluding hydrogens is 349 g/mol. The van der Waals surface area contributed by atoms with Crippen molar-refractivity contribution < 1.29 is 13.2 Å². The lowest BCUT2D eigenvalue weighted by Gasteiger charge is -2.08. The molecule has 0 bridgehead atoms. The van der Waals surface area contributed by atoms with Crippen LogP contribution in [0.25, 0.3) is 0 Å². The monoisotopic (exact) mass is 359 g/mol. The molecule has 0 aliphatic carbocycles. The summed E-state index contributed by atoms with van der Waals surface area (Å²) in [5.41, 5.74) is 1.16. The largest absolute Gasteiger partial charge is 0.322 e. The fraction of sp³-hybridized carbons (Fsp3) is 0.0769. The SMILES string of the molecule is CS(=O)(=O)Nc1ccc(NC(=O)c2cc(Cl)nc(Cl)c2)cc1. The Balaban J connectivity index is 2.12. The first-order valence-electron chi connectivity index (χ1n) is 5.95. The minimum absolute atomic E-state index is 0.116. The summed E-state index contributed by atoms with van der Waals surface area (Å²) in [5.74, 6) is -0.407. The van der Waals surface area contributed by atoms with Gasteiger partial charge in [0.1, 0.15) is 10.3 Å². The van der Waals surface area contributed by atoms with Crippen LogP contribution in [0.4, 0.5) is 11.4 Å². The van der Waals surface area contributed by atoms with Gasteiger partial charge in [-0.05, 0) is 36.4 Å². The molecule has 0 atom stereocenters. The maximum Gasteiger partial charge on any atom is 0.255 e. The highest BCUT2D eigenvalue weighted by Crippen LogP contribution is 2.18. The lowest BCUT2D eigenvalue weighted by Crippen LogP contribution is -2.12. The number of nitrogens with one attached hydrogen (secondary N) is 2. The second-order valence-electron chi connectivity index (χ2n) is 4.41. The zero-order chi connectivity index (χ0) is 16.3. The van der Waals surface area contributed by atoms with Gasteiger partial charge in [0.15, 0.2) is 0 Å². The van der Waals surface area contributed by atoms with Crippen molar-refractivity contribution in [3.63, 3.8) is 0 Å². The first-order valence-corrected chi connectivity index (χ1v) is 8.60. The zero-order valence-corrected chi connectivity index (χ0v) is 13.6. The number of carbonyl (C=O) groups is 1. The molecule has 0 radical (unpaired) electrons. The Hall–Kier alpha value is -1.83. The summed E-state index contributed by atoms with van der Waals surface area (Å²) < 4.78 is 24.5. The van der Waals surface area contributed by atoms with Crippen LogP contribution in [-0.4, -0.2) is 25.6 Å². The Labute approximate surface area is 137 Å². The molecule has 0 saturated carbocycles. The first-order chi connectivity index (χ1) is 10.2. The van der Waals surface area contributed by atoms with E-state index < -0.39 is 15.9 Å². The van der Waals surface area contributed by atoms with Gasteiger partial charge in [0.25, 0.3) is 5.91 Å². The van der Waals surface area contributed by atoms with Crippen LogP contribution < -0.4 is 10.0 Å². The third-order valence-corrected chi connectivity index (χ3v) is 3.46. The number of sulfonamides is 1. The van der Waals surface area contributed by atoms with Crippen LogP contribution in [0.3, 0.4) is 0 Å². The van der Waals surface area contributed by atoms with Gasteiger partial charge in [-0.15, -0.1) is 0 Å². The highest BCUT2D eigenvalue weighted by molar-refractivity contribution is 7.92. The van der Waals surface area contributed by atoms with E-state index in [4.69, 9.17) is 23.2 Å². The number of hydrogen-bond acceptors (Lipinski definition) is 4. The number of aromatic nitrogens is 1. The van der Waals surface area contributed by atoms with Gasteiger partial charge in [-0.3, -0.25) is 9.52 Å². The summed E-state index contributed by atoms with van der Waals surface area (Å²) in [7, 11) is -3.34. The molecule has 2 aromatic rings. The van der Waals surface area contributed by atoms with E-state index in [1.54, 1.807) is 12.1 Å². The number of carbonyl (C=O) groups excluding carboxylic acids is 1. The van der Waals surface area contributed by atoms with Crippen molar-refractivity contribution >= 4 is 50.5 Å². The lowest BCUT2D eigenvalue weighted by molar-refractivity contribution is 0.102. The van der Waals surface area contributed by atoms with Crippen molar-refractivity contribution in [1.29, 1.82) is 0 Å². The van der Waals surface area contributed by atoms with Crippen molar-refractivity contribution in [2.45, 2.75) is 0 Å². The van der Waals surface area contributed by atoms with Crippen molar-refractivity contribution in [3.05, 3.63) is 52.3 Å². The van der Waals surface area contributed by atoms with E-state index in [0.717, 1.165) is 6.26 Å². The second-order valence-corrected chi connectivity index (χ2v) is 6.93. The number of halogens is 2. The molecule has 0 aliphatic heterocycles. The van der Waals surface area contributed by atoms with Gasteiger partial charge in [-0.25, -0.2) is 13.4 Å². The fourth-order valence-corrected chi connectivity index (χ4v) is 2.66. The molecule has 0 saturated heterocycles. The molecular formula is C13H11Cl2N3O3S. The van der Waals surface area contributed by atoms with Crippen molar-refractivity contribution in [3.8, 4) is 0 Å². The molecule has 1 aromatic carbocycles. The summed E-state index contributed by atoms with van der Waals surface area (Å²) >= 11 is 11.5. The molecule has 1 amide bonds. The Bertz CT molecular complexity index is 788. The van der Waals surface area contributed by atoms with Crippen LogP contribution in [0.1, 0.15) is 10.4 Å². The molecule has 2 rings (SSSR count). The average Bonchev–Trinajstić information content (AvgIpc) is 2.38. The number of nitrogens with zero attached hydrogens (tertiary/aromatic N) is 1. The highest BCUT2D eigenvalue weighted by Gasteiger charge is 2.09. The minimum Gasteiger partial charge on any atom is -0.322 e. The van der Waals surface area contributed by atoms with Crippen LogP contribution in [-0.2, 0) is 10.0 Å². The third-order valence-electron chi connectivity index (χ3n) is 2.47. The van der Waals surface area contributed by atoms with E-state index in [2.05, 4.69) is 15.0 Å². The lowest BCUT2D eigenvalue weighted by atomic mass is 10.2. The number of rotatable bonds is 4. The molecule has 116 valence electrons. The van der Waals surface area contributed by atoms with E-state index in [1.807, 2.05) is 0 Å². The van der Waals surface area contributed by atoms with E-state index in [-0.39, 0.29) is 15.9 Å². The highest BCUT2D eigenvalue weighted by atomic mass is 35.5. The summed E-state index contributed by atoms with van der Waals surface area (Å²) in [4.78, 5) is 15.8. The molecule has 0 aliphatic rings. The minimum atomic E-state index is -3.34. The van der Waals surface area contributed by atoms with E-state index in [1.165, 1.54) is 24.3 Å². The summed E-state index contributed by atoms with van der Waals surface area (Å²) in [6.45, 7) is 0. The van der Waals surface area contributed by atoms with Crippen molar-refractivity contribution in [2.75, 3.05) is 16.3 Å². The maximum absolute atomic E-state index is 12.1. The Kier molecular flexibility index (Phi) is 4.90. The number of amides is 1. The predicted octanol–water partition coefficient (Wildman–Crippen LogP) is 3.01. The quantitative estimate of drug-likeness (QED) is 0.821. The van der Waals surface area contributed by atoms with E-state index >= 15 is 0 Å². The van der Waals surface area contributed by atoms with Crippen LogP contribution in [0, 0.1) is 0 Å². The Morgan fingerprint density at radius 3 is 2.05 bits per heavy atom. The Morgan fingerprint density at radius 1 is 1.05 bits per heavy atom. The zero-order valence-electron chi connectivity index (χ0n) is 11.3. The van der Waals surface area contributed by atoms with Gasteiger partial charge in [0.2, 0.25) is 10.0 Å². The molecule has 1 heterocycles. The summed E-state index contributed by atoms with van der Waals surface area (Å²) in [6.07, 6.45) is 1.06. The fourth-order valence-electron chi connectivity index (χ4n) is 1.63. The standard InChI is InChI=1S/C13H11Cl2N3O3S/c1-22(20,21)18-10-4-2-9(3-5-10)16-13(19)8-6-11(14)17-12(15)7-8/h2-7,18H,1H3,(H,16,19). The molecule has 1 aromatic heterocycles. The molecule has 9 heteroatoms. The second kappa shape index (κ2) is 6.51. The van der Waals surface area contributed by atoms with Gasteiger partial charge >= 0.3 is 0 Å². The molecule has 6 nitrogen and oxygen atoms in total. The number of anilines is 2. The summed E-state index contributed by atoms with van der Waals surface area (Å²) in [6, 6.07) is 8.97. The van der Waals surface area contributed by atoms with Gasteiger partial charge in [-0.1, -0.05) is 23.2 Å². The molecule has 2 N–H and O–H groups in total. The number of hydrogen-bond donors (Lipinski definition) is 2. The average molecular weight is 360 g/mol. The normalized spacial score (nSPS) is 11.0. The molecule has 0 fully saturated rings. The van der Waals surface area contributed by atoms with E-state index in [0.29, 0.717) is 11.4 Å². The maximum atomic E-state index is 12.1. The van der Waals surface area contributed by atoms with E-state index in [9.17, 15) is 13.2 Å². The van der Waals surface area contributed by atoms with Gasteiger partial charge in [-0.2, -0.15) is 0 Å². The van der Waals surface area contributed by atoms with Crippen LogP contribution >= 0.6 is 23.2 Å². The van der Waals surface area contributed by atoms with Crippen LogP contribution in [0.2, 0.25) is 10.3 Å². The first kappa shape index (κ1) is 16.5. The smallest absolute Gasteiger partial charge is 0.255 e. The van der Waals surface area contributed by atoms with Crippen molar-refractivity contribution in [2.24, 2.45) is 0 Å². The van der Waals surface area contributed by atoms with Gasteiger partial charge < -0.3 is 5.32 Å². The number of benzene rings is 1. The third kappa shape index (κ3) is 4.87. The topological polar surface area (TPSA) is 88.2 Å². The van der Waals surface area contributed by atoms with Gasteiger partial charge in [0, 0.05) is 16.9 Å². The molecule has 0 spiro atoms. The van der Waals surface area contributed by atoms with Crippen molar-refractivity contribution in [1.82, 2.24) is 4.98 Å². The number of pyridine rings is 1. The molecule has 22 heavy (non-hydrogen) atoms. The van der Waals surface area contributed by atoms with Crippen LogP contribution in [0.5, 0.6) is 0 Å².